The summed E-state index contributed by atoms with van der Waals surface area (Å²) in [6, 6.07) is 0.342. The Labute approximate surface area is 155 Å². The molecular formula is C18H30N6O2. The van der Waals surface area contributed by atoms with Gasteiger partial charge in [-0.3, -0.25) is 4.79 Å². The Hall–Kier alpha value is -2.12. The van der Waals surface area contributed by atoms with Gasteiger partial charge in [-0.05, 0) is 32.6 Å². The summed E-state index contributed by atoms with van der Waals surface area (Å²) >= 11 is 0. The second kappa shape index (κ2) is 9.00. The Morgan fingerprint density at radius 3 is 2.35 bits per heavy atom. The lowest BCUT2D eigenvalue weighted by Crippen LogP contribution is -2.43. The van der Waals surface area contributed by atoms with Crippen molar-refractivity contribution in [3.05, 3.63) is 0 Å². The molecule has 0 aliphatic carbocycles. The van der Waals surface area contributed by atoms with Crippen molar-refractivity contribution in [1.29, 1.82) is 0 Å². The van der Waals surface area contributed by atoms with Crippen molar-refractivity contribution in [3.8, 4) is 6.01 Å². The summed E-state index contributed by atoms with van der Waals surface area (Å²) in [5, 5.41) is 2.93. The van der Waals surface area contributed by atoms with E-state index in [-0.39, 0.29) is 11.8 Å². The van der Waals surface area contributed by atoms with Gasteiger partial charge < -0.3 is 19.9 Å². The van der Waals surface area contributed by atoms with Gasteiger partial charge in [0.25, 0.3) is 0 Å². The molecule has 1 unspecified atom stereocenters. The first-order valence-corrected chi connectivity index (χ1v) is 9.79. The second-order valence-electron chi connectivity index (χ2n) is 7.00. The number of hydrogen-bond donors (Lipinski definition) is 1. The molecule has 26 heavy (non-hydrogen) atoms. The molecule has 2 fully saturated rings. The van der Waals surface area contributed by atoms with Gasteiger partial charge in [0.2, 0.25) is 17.8 Å². The van der Waals surface area contributed by atoms with Gasteiger partial charge >= 0.3 is 6.01 Å². The van der Waals surface area contributed by atoms with Gasteiger partial charge in [-0.25, -0.2) is 0 Å². The van der Waals surface area contributed by atoms with Crippen LogP contribution in [0.4, 0.5) is 11.9 Å². The van der Waals surface area contributed by atoms with Crippen molar-refractivity contribution in [2.75, 3.05) is 49.6 Å². The number of aromatic nitrogens is 3. The Kier molecular flexibility index (Phi) is 6.46. The molecule has 0 spiro atoms. The number of hydrogen-bond acceptors (Lipinski definition) is 7. The van der Waals surface area contributed by atoms with Crippen molar-refractivity contribution >= 4 is 17.8 Å². The lowest BCUT2D eigenvalue weighted by Gasteiger charge is -2.32. The highest BCUT2D eigenvalue weighted by atomic mass is 16.5. The summed E-state index contributed by atoms with van der Waals surface area (Å²) in [6.45, 7) is 6.03. The molecule has 1 aromatic heterocycles. The van der Waals surface area contributed by atoms with Gasteiger partial charge in [0.15, 0.2) is 0 Å². The summed E-state index contributed by atoms with van der Waals surface area (Å²) in [6.07, 6.45) is 6.69. The molecule has 2 aliphatic rings. The molecule has 3 heterocycles. The molecule has 1 atom stereocenters. The van der Waals surface area contributed by atoms with Crippen LogP contribution in [0, 0.1) is 5.92 Å². The van der Waals surface area contributed by atoms with E-state index in [4.69, 9.17) is 9.72 Å². The molecule has 8 heteroatoms. The summed E-state index contributed by atoms with van der Waals surface area (Å²) < 4.78 is 5.33. The van der Waals surface area contributed by atoms with E-state index in [1.807, 2.05) is 6.92 Å². The van der Waals surface area contributed by atoms with E-state index < -0.39 is 0 Å². The molecule has 1 N–H and O–H groups in total. The normalized spacial score (nSPS) is 21.2. The fourth-order valence-electron chi connectivity index (χ4n) is 3.67. The van der Waals surface area contributed by atoms with Crippen LogP contribution < -0.4 is 19.9 Å². The summed E-state index contributed by atoms with van der Waals surface area (Å²) in [5.74, 6) is 1.40. The summed E-state index contributed by atoms with van der Waals surface area (Å²) in [7, 11) is 1.58. The lowest BCUT2D eigenvalue weighted by molar-refractivity contribution is -0.125. The smallest absolute Gasteiger partial charge is 0.322 e. The zero-order valence-corrected chi connectivity index (χ0v) is 15.9. The molecule has 8 nitrogen and oxygen atoms in total. The average molecular weight is 362 g/mol. The number of piperidine rings is 1. The predicted molar refractivity (Wildman–Crippen MR) is 101 cm³/mol. The van der Waals surface area contributed by atoms with Crippen LogP contribution >= 0.6 is 0 Å². The van der Waals surface area contributed by atoms with E-state index in [1.165, 1.54) is 12.8 Å². The van der Waals surface area contributed by atoms with Crippen molar-refractivity contribution in [2.24, 2.45) is 5.92 Å². The zero-order chi connectivity index (χ0) is 18.4. The van der Waals surface area contributed by atoms with Crippen LogP contribution in [-0.2, 0) is 4.79 Å². The monoisotopic (exact) mass is 362 g/mol. The number of anilines is 2. The molecule has 1 amide bonds. The van der Waals surface area contributed by atoms with Gasteiger partial charge in [-0.15, -0.1) is 0 Å². The van der Waals surface area contributed by atoms with Crippen molar-refractivity contribution < 1.29 is 9.53 Å². The van der Waals surface area contributed by atoms with Crippen LogP contribution in [0.5, 0.6) is 6.01 Å². The number of rotatable bonds is 5. The van der Waals surface area contributed by atoms with E-state index in [0.717, 1.165) is 45.3 Å². The number of carbonyl (C=O) groups is 1. The van der Waals surface area contributed by atoms with Gasteiger partial charge in [-0.2, -0.15) is 15.0 Å². The molecule has 144 valence electrons. The Balaban J connectivity index is 1.79. The third kappa shape index (κ3) is 4.53. The number of ether oxygens (including phenoxy) is 1. The molecule has 2 saturated heterocycles. The average Bonchev–Trinajstić information content (AvgIpc) is 2.97. The maximum atomic E-state index is 12.2. The van der Waals surface area contributed by atoms with Gasteiger partial charge in [-0.1, -0.05) is 12.8 Å². The third-order valence-electron chi connectivity index (χ3n) is 5.09. The van der Waals surface area contributed by atoms with E-state index in [9.17, 15) is 4.79 Å². The maximum absolute atomic E-state index is 12.2. The van der Waals surface area contributed by atoms with Crippen molar-refractivity contribution in [1.82, 2.24) is 20.3 Å². The topological polar surface area (TPSA) is 83.5 Å². The summed E-state index contributed by atoms with van der Waals surface area (Å²) in [4.78, 5) is 30.2. The van der Waals surface area contributed by atoms with Crippen LogP contribution in [0.2, 0.25) is 0 Å². The Morgan fingerprint density at radius 1 is 1.04 bits per heavy atom. The first kappa shape index (κ1) is 18.7. The highest BCUT2D eigenvalue weighted by Gasteiger charge is 2.28. The number of carbonyl (C=O) groups excluding carboxylic acids is 1. The predicted octanol–water partition coefficient (Wildman–Crippen LogP) is 1.61. The zero-order valence-electron chi connectivity index (χ0n) is 15.9. The summed E-state index contributed by atoms with van der Waals surface area (Å²) in [5.41, 5.74) is 0. The van der Waals surface area contributed by atoms with Crippen LogP contribution in [0.3, 0.4) is 0 Å². The maximum Gasteiger partial charge on any atom is 0.322 e. The Morgan fingerprint density at radius 2 is 1.69 bits per heavy atom. The van der Waals surface area contributed by atoms with Gasteiger partial charge in [0.1, 0.15) is 0 Å². The minimum atomic E-state index is -0.0203. The Bertz CT molecular complexity index is 603. The number of amides is 1. The highest BCUT2D eigenvalue weighted by molar-refractivity contribution is 5.79. The number of methoxy groups -OCH3 is 1. The SMILES string of the molecule is CCNC(=O)C1CCCN(c2nc(OC)nc(N3CCCCCC3)n2)C1. The van der Waals surface area contributed by atoms with Crippen LogP contribution in [0.15, 0.2) is 0 Å². The van der Waals surface area contributed by atoms with Crippen LogP contribution in [0.25, 0.3) is 0 Å². The first-order valence-electron chi connectivity index (χ1n) is 9.79. The highest BCUT2D eigenvalue weighted by Crippen LogP contribution is 2.25. The van der Waals surface area contributed by atoms with Crippen LogP contribution in [-0.4, -0.2) is 60.7 Å². The van der Waals surface area contributed by atoms with E-state index in [1.54, 1.807) is 7.11 Å². The molecule has 0 radical (unpaired) electrons. The third-order valence-corrected chi connectivity index (χ3v) is 5.09. The molecule has 3 rings (SSSR count). The molecule has 1 aromatic rings. The largest absolute Gasteiger partial charge is 0.467 e. The molecule has 2 aliphatic heterocycles. The minimum Gasteiger partial charge on any atom is -0.467 e. The fourth-order valence-corrected chi connectivity index (χ4v) is 3.67. The van der Waals surface area contributed by atoms with Crippen molar-refractivity contribution in [2.45, 2.75) is 45.4 Å². The van der Waals surface area contributed by atoms with Gasteiger partial charge in [0, 0.05) is 32.7 Å². The molecule has 0 bridgehead atoms. The van der Waals surface area contributed by atoms with E-state index in [2.05, 4.69) is 25.1 Å². The number of nitrogens with zero attached hydrogens (tertiary/aromatic N) is 5. The van der Waals surface area contributed by atoms with Crippen molar-refractivity contribution in [3.63, 3.8) is 0 Å². The minimum absolute atomic E-state index is 0.0203. The quantitative estimate of drug-likeness (QED) is 0.852. The molecule has 0 saturated carbocycles. The van der Waals surface area contributed by atoms with E-state index >= 15 is 0 Å². The van der Waals surface area contributed by atoms with E-state index in [0.29, 0.717) is 31.0 Å². The second-order valence-corrected chi connectivity index (χ2v) is 7.00. The number of nitrogens with one attached hydrogen (secondary N) is 1. The lowest BCUT2D eigenvalue weighted by atomic mass is 9.97. The molecule has 0 aromatic carbocycles. The van der Waals surface area contributed by atoms with Crippen LogP contribution in [0.1, 0.15) is 45.4 Å². The molecular weight excluding hydrogens is 332 g/mol. The standard InChI is InChI=1S/C18H30N6O2/c1-3-19-15(25)14-9-8-12-24(13-14)17-20-16(21-18(22-17)26-2)23-10-6-4-5-7-11-23/h14H,3-13H2,1-2H3,(H,19,25). The first-order chi connectivity index (χ1) is 12.7. The fraction of sp³-hybridized carbons (Fsp3) is 0.778. The van der Waals surface area contributed by atoms with Gasteiger partial charge in [0.05, 0.1) is 13.0 Å².